The maximum atomic E-state index is 5.28. The molecule has 2 nitrogen and oxygen atoms in total. The Hall–Kier alpha value is -1.02. The van der Waals surface area contributed by atoms with Crippen molar-refractivity contribution in [2.24, 2.45) is 0 Å². The molecule has 0 saturated carbocycles. The van der Waals surface area contributed by atoms with Crippen LogP contribution in [-0.2, 0) is 0 Å². The van der Waals surface area contributed by atoms with Gasteiger partial charge in [0.05, 0.1) is 6.26 Å². The normalized spacial score (nSPS) is 18.0. The molecule has 11 heavy (non-hydrogen) atoms. The molecule has 2 rings (SSSR count). The van der Waals surface area contributed by atoms with Crippen molar-refractivity contribution >= 4 is 5.57 Å². The summed E-state index contributed by atoms with van der Waals surface area (Å²) in [6, 6.07) is 3.94. The molecule has 0 fully saturated rings. The molecule has 0 aliphatic carbocycles. The zero-order valence-electron chi connectivity index (χ0n) is 6.34. The smallest absolute Gasteiger partial charge is 0.129 e. The topological polar surface area (TPSA) is 25.2 Å². The number of nitrogens with one attached hydrogen (secondary N) is 1. The minimum Gasteiger partial charge on any atom is -0.465 e. The fourth-order valence-corrected chi connectivity index (χ4v) is 1.31. The summed E-state index contributed by atoms with van der Waals surface area (Å²) in [5, 5.41) is 3.26. The molecule has 0 radical (unpaired) electrons. The molecular weight excluding hydrogens is 138 g/mol. The predicted molar refractivity (Wildman–Crippen MR) is 44.2 cm³/mol. The van der Waals surface area contributed by atoms with E-state index in [4.69, 9.17) is 4.42 Å². The van der Waals surface area contributed by atoms with Crippen molar-refractivity contribution in [2.45, 2.75) is 6.42 Å². The number of rotatable bonds is 1. The summed E-state index contributed by atoms with van der Waals surface area (Å²) in [5.41, 5.74) is 1.33. The van der Waals surface area contributed by atoms with E-state index >= 15 is 0 Å². The molecule has 1 aromatic heterocycles. The van der Waals surface area contributed by atoms with Gasteiger partial charge in [0, 0.05) is 6.54 Å². The van der Waals surface area contributed by atoms with Crippen molar-refractivity contribution in [3.8, 4) is 0 Å². The van der Waals surface area contributed by atoms with Gasteiger partial charge < -0.3 is 9.73 Å². The summed E-state index contributed by atoms with van der Waals surface area (Å²) in [6.07, 6.45) is 4.98. The largest absolute Gasteiger partial charge is 0.465 e. The van der Waals surface area contributed by atoms with Gasteiger partial charge in [-0.05, 0) is 30.7 Å². The number of hydrogen-bond acceptors (Lipinski definition) is 2. The van der Waals surface area contributed by atoms with Crippen LogP contribution in [0.4, 0.5) is 0 Å². The van der Waals surface area contributed by atoms with E-state index in [1.807, 2.05) is 12.1 Å². The first-order valence-corrected chi connectivity index (χ1v) is 3.90. The SMILES string of the molecule is C1=C(c2ccco2)CCNC1. The van der Waals surface area contributed by atoms with Crippen LogP contribution in [0.5, 0.6) is 0 Å². The Balaban J connectivity index is 2.22. The van der Waals surface area contributed by atoms with Crippen molar-refractivity contribution in [2.75, 3.05) is 13.1 Å². The van der Waals surface area contributed by atoms with E-state index < -0.39 is 0 Å². The van der Waals surface area contributed by atoms with E-state index in [9.17, 15) is 0 Å². The van der Waals surface area contributed by atoms with Gasteiger partial charge in [0.25, 0.3) is 0 Å². The highest BCUT2D eigenvalue weighted by atomic mass is 16.3. The van der Waals surface area contributed by atoms with Gasteiger partial charge in [0.15, 0.2) is 0 Å². The molecule has 0 amide bonds. The second-order valence-electron chi connectivity index (χ2n) is 2.66. The molecule has 0 aromatic carbocycles. The van der Waals surface area contributed by atoms with Crippen LogP contribution in [0.15, 0.2) is 28.9 Å². The molecule has 1 aliphatic heterocycles. The van der Waals surface area contributed by atoms with Crippen LogP contribution in [0, 0.1) is 0 Å². The molecule has 1 aromatic rings. The first-order valence-electron chi connectivity index (χ1n) is 3.90. The average Bonchev–Trinajstić information content (AvgIpc) is 2.58. The average molecular weight is 149 g/mol. The van der Waals surface area contributed by atoms with Crippen molar-refractivity contribution in [3.05, 3.63) is 30.2 Å². The van der Waals surface area contributed by atoms with E-state index in [1.165, 1.54) is 5.57 Å². The van der Waals surface area contributed by atoms with Gasteiger partial charge in [-0.3, -0.25) is 0 Å². The lowest BCUT2D eigenvalue weighted by Gasteiger charge is -2.10. The van der Waals surface area contributed by atoms with Gasteiger partial charge in [-0.25, -0.2) is 0 Å². The first kappa shape index (κ1) is 6.68. The van der Waals surface area contributed by atoms with Crippen molar-refractivity contribution in [1.29, 1.82) is 0 Å². The molecule has 0 atom stereocenters. The maximum absolute atomic E-state index is 5.28. The third-order valence-corrected chi connectivity index (χ3v) is 1.90. The highest BCUT2D eigenvalue weighted by Crippen LogP contribution is 2.19. The Kier molecular flexibility index (Phi) is 1.78. The lowest BCUT2D eigenvalue weighted by Crippen LogP contribution is -2.19. The summed E-state index contributed by atoms with van der Waals surface area (Å²) in [6.45, 7) is 2.03. The number of furan rings is 1. The quantitative estimate of drug-likeness (QED) is 0.656. The molecule has 2 heterocycles. The van der Waals surface area contributed by atoms with Crippen LogP contribution in [0.3, 0.4) is 0 Å². The Morgan fingerprint density at radius 2 is 2.45 bits per heavy atom. The first-order chi connectivity index (χ1) is 5.47. The zero-order valence-corrected chi connectivity index (χ0v) is 6.34. The Morgan fingerprint density at radius 3 is 3.09 bits per heavy atom. The molecule has 1 aliphatic rings. The summed E-state index contributed by atoms with van der Waals surface area (Å²) in [7, 11) is 0. The Labute approximate surface area is 65.9 Å². The van der Waals surface area contributed by atoms with Crippen LogP contribution in [0.2, 0.25) is 0 Å². The molecule has 0 spiro atoms. The van der Waals surface area contributed by atoms with E-state index in [-0.39, 0.29) is 0 Å². The minimum absolute atomic E-state index is 0.968. The lowest BCUT2D eigenvalue weighted by molar-refractivity contribution is 0.546. The van der Waals surface area contributed by atoms with Crippen molar-refractivity contribution < 1.29 is 4.42 Å². The van der Waals surface area contributed by atoms with Crippen molar-refractivity contribution in [3.63, 3.8) is 0 Å². The van der Waals surface area contributed by atoms with Crippen LogP contribution in [-0.4, -0.2) is 13.1 Å². The second kappa shape index (κ2) is 2.93. The third kappa shape index (κ3) is 1.35. The molecule has 2 heteroatoms. The fraction of sp³-hybridized carbons (Fsp3) is 0.333. The van der Waals surface area contributed by atoms with Gasteiger partial charge in [-0.15, -0.1) is 0 Å². The Morgan fingerprint density at radius 1 is 1.45 bits per heavy atom. The third-order valence-electron chi connectivity index (χ3n) is 1.90. The van der Waals surface area contributed by atoms with E-state index in [2.05, 4.69) is 11.4 Å². The highest BCUT2D eigenvalue weighted by Gasteiger charge is 2.06. The van der Waals surface area contributed by atoms with Gasteiger partial charge in [0.1, 0.15) is 5.76 Å². The van der Waals surface area contributed by atoms with E-state index in [0.717, 1.165) is 25.3 Å². The Bertz CT molecular complexity index is 249. The summed E-state index contributed by atoms with van der Waals surface area (Å²) in [5.74, 6) is 1.02. The molecule has 0 unspecified atom stereocenters. The van der Waals surface area contributed by atoms with Crippen LogP contribution >= 0.6 is 0 Å². The molecule has 1 N–H and O–H groups in total. The summed E-state index contributed by atoms with van der Waals surface area (Å²) >= 11 is 0. The van der Waals surface area contributed by atoms with E-state index in [0.29, 0.717) is 0 Å². The summed E-state index contributed by atoms with van der Waals surface area (Å²) in [4.78, 5) is 0. The van der Waals surface area contributed by atoms with Crippen LogP contribution in [0.25, 0.3) is 5.57 Å². The van der Waals surface area contributed by atoms with E-state index in [1.54, 1.807) is 6.26 Å². The number of hydrogen-bond donors (Lipinski definition) is 1. The van der Waals surface area contributed by atoms with Crippen molar-refractivity contribution in [1.82, 2.24) is 5.32 Å². The molecule has 58 valence electrons. The molecule has 0 saturated heterocycles. The fourth-order valence-electron chi connectivity index (χ4n) is 1.31. The zero-order chi connectivity index (χ0) is 7.52. The molecular formula is C9H11NO. The highest BCUT2D eigenvalue weighted by molar-refractivity contribution is 5.62. The van der Waals surface area contributed by atoms with Gasteiger partial charge in [0.2, 0.25) is 0 Å². The minimum atomic E-state index is 0.968. The summed E-state index contributed by atoms with van der Waals surface area (Å²) < 4.78 is 5.28. The second-order valence-corrected chi connectivity index (χ2v) is 2.66. The van der Waals surface area contributed by atoms with Crippen LogP contribution in [0.1, 0.15) is 12.2 Å². The standard InChI is InChI=1S/C9H11NO/c1-2-9(11-7-1)8-3-5-10-6-4-8/h1-3,7,10H,4-6H2. The maximum Gasteiger partial charge on any atom is 0.129 e. The lowest BCUT2D eigenvalue weighted by atomic mass is 10.1. The predicted octanol–water partition coefficient (Wildman–Crippen LogP) is 1.66. The van der Waals surface area contributed by atoms with Gasteiger partial charge >= 0.3 is 0 Å². The molecule has 0 bridgehead atoms. The van der Waals surface area contributed by atoms with Gasteiger partial charge in [-0.1, -0.05) is 6.08 Å². The van der Waals surface area contributed by atoms with Crippen LogP contribution < -0.4 is 5.32 Å². The monoisotopic (exact) mass is 149 g/mol. The van der Waals surface area contributed by atoms with Gasteiger partial charge in [-0.2, -0.15) is 0 Å².